The molecule has 0 unspecified atom stereocenters. The number of nitrogens with two attached hydrogens (primary N) is 1. The zero-order valence-electron chi connectivity index (χ0n) is 10.7. The lowest BCUT2D eigenvalue weighted by atomic mass is 10.2. The van der Waals surface area contributed by atoms with Crippen molar-refractivity contribution in [2.75, 3.05) is 0 Å². The number of ether oxygens (including phenoxy) is 1. The topological polar surface area (TPSA) is 78.9 Å². The highest BCUT2D eigenvalue weighted by Crippen LogP contribution is 2.27. The summed E-state index contributed by atoms with van der Waals surface area (Å²) in [6, 6.07) is 4.52. The fourth-order valence-corrected chi connectivity index (χ4v) is 1.89. The average molecular weight is 273 g/mol. The summed E-state index contributed by atoms with van der Waals surface area (Å²) in [6.45, 7) is 0.145. The van der Waals surface area contributed by atoms with Gasteiger partial charge in [0.15, 0.2) is 5.65 Å². The second-order valence-corrected chi connectivity index (χ2v) is 4.24. The first-order valence-corrected chi connectivity index (χ1v) is 5.98. The Morgan fingerprint density at radius 1 is 1.35 bits per heavy atom. The summed E-state index contributed by atoms with van der Waals surface area (Å²) in [5.74, 6) is 0.285. The van der Waals surface area contributed by atoms with E-state index in [9.17, 15) is 4.39 Å². The lowest BCUT2D eigenvalue weighted by Gasteiger charge is -2.07. The minimum absolute atomic E-state index is 0.145. The molecule has 102 valence electrons. The highest BCUT2D eigenvalue weighted by molar-refractivity contribution is 5.79. The Kier molecular flexibility index (Phi) is 3.03. The van der Waals surface area contributed by atoms with E-state index in [1.807, 2.05) is 0 Å². The quantitative estimate of drug-likeness (QED) is 0.786. The van der Waals surface area contributed by atoms with Gasteiger partial charge in [-0.15, -0.1) is 0 Å². The molecule has 3 rings (SSSR count). The molecule has 6 nitrogen and oxygen atoms in total. The van der Waals surface area contributed by atoms with Gasteiger partial charge in [0.05, 0.1) is 6.20 Å². The predicted octanol–water partition coefficient (Wildman–Crippen LogP) is 1.75. The predicted molar refractivity (Wildman–Crippen MR) is 70.7 cm³/mol. The lowest BCUT2D eigenvalue weighted by Crippen LogP contribution is -2.00. The molecule has 2 N–H and O–H groups in total. The Morgan fingerprint density at radius 3 is 2.95 bits per heavy atom. The molecule has 0 bridgehead atoms. The fourth-order valence-electron chi connectivity index (χ4n) is 1.89. The van der Waals surface area contributed by atoms with Crippen LogP contribution in [0.2, 0.25) is 0 Å². The van der Waals surface area contributed by atoms with E-state index in [2.05, 4.69) is 15.1 Å². The molecule has 0 amide bonds. The molecular weight excluding hydrogens is 261 g/mol. The van der Waals surface area contributed by atoms with E-state index in [0.29, 0.717) is 28.2 Å². The van der Waals surface area contributed by atoms with E-state index in [-0.39, 0.29) is 6.54 Å². The van der Waals surface area contributed by atoms with Crippen molar-refractivity contribution < 1.29 is 9.13 Å². The van der Waals surface area contributed by atoms with Gasteiger partial charge in [-0.2, -0.15) is 5.10 Å². The first-order valence-electron chi connectivity index (χ1n) is 5.98. The minimum atomic E-state index is -0.401. The smallest absolute Gasteiger partial charge is 0.233 e. The Balaban J connectivity index is 1.99. The lowest BCUT2D eigenvalue weighted by molar-refractivity contribution is 0.462. The van der Waals surface area contributed by atoms with Gasteiger partial charge in [0.2, 0.25) is 5.88 Å². The van der Waals surface area contributed by atoms with E-state index in [0.717, 1.165) is 0 Å². The zero-order chi connectivity index (χ0) is 14.1. The van der Waals surface area contributed by atoms with Gasteiger partial charge in [0.1, 0.15) is 23.3 Å². The Bertz CT molecular complexity index is 771. The Morgan fingerprint density at radius 2 is 2.20 bits per heavy atom. The number of aryl methyl sites for hydroxylation is 1. The molecule has 0 atom stereocenters. The molecule has 0 aliphatic carbocycles. The summed E-state index contributed by atoms with van der Waals surface area (Å²) in [6.07, 6.45) is 2.99. The van der Waals surface area contributed by atoms with Crippen molar-refractivity contribution in [3.8, 4) is 11.6 Å². The van der Waals surface area contributed by atoms with Crippen molar-refractivity contribution in [2.24, 2.45) is 12.8 Å². The largest absolute Gasteiger partial charge is 0.438 e. The number of rotatable bonds is 3. The summed E-state index contributed by atoms with van der Waals surface area (Å²) in [7, 11) is 1.77. The van der Waals surface area contributed by atoms with E-state index in [1.54, 1.807) is 30.1 Å². The molecule has 1 aromatic carbocycles. The van der Waals surface area contributed by atoms with Crippen LogP contribution in [0.4, 0.5) is 4.39 Å². The van der Waals surface area contributed by atoms with Crippen LogP contribution in [0, 0.1) is 5.82 Å². The summed E-state index contributed by atoms with van der Waals surface area (Å²) in [4.78, 5) is 8.16. The van der Waals surface area contributed by atoms with Crippen LogP contribution in [0.3, 0.4) is 0 Å². The second kappa shape index (κ2) is 4.86. The van der Waals surface area contributed by atoms with Crippen molar-refractivity contribution in [3.63, 3.8) is 0 Å². The van der Waals surface area contributed by atoms with Crippen LogP contribution in [0.5, 0.6) is 11.6 Å². The molecule has 7 heteroatoms. The van der Waals surface area contributed by atoms with Gasteiger partial charge in [0, 0.05) is 25.2 Å². The molecule has 0 saturated heterocycles. The zero-order valence-corrected chi connectivity index (χ0v) is 10.7. The van der Waals surface area contributed by atoms with Crippen molar-refractivity contribution in [1.29, 1.82) is 0 Å². The molecule has 0 fully saturated rings. The van der Waals surface area contributed by atoms with Crippen molar-refractivity contribution in [3.05, 3.63) is 42.1 Å². The molecule has 20 heavy (non-hydrogen) atoms. The number of benzene rings is 1. The number of nitrogens with zero attached hydrogens (tertiary/aromatic N) is 4. The number of hydrogen-bond acceptors (Lipinski definition) is 5. The third-order valence-corrected chi connectivity index (χ3v) is 2.95. The van der Waals surface area contributed by atoms with Crippen LogP contribution in [-0.4, -0.2) is 19.7 Å². The molecule has 0 aliphatic rings. The summed E-state index contributed by atoms with van der Waals surface area (Å²) >= 11 is 0. The number of aromatic nitrogens is 4. The molecule has 2 heterocycles. The van der Waals surface area contributed by atoms with Gasteiger partial charge in [-0.1, -0.05) is 6.07 Å². The number of fused-ring (bicyclic) bond motifs is 1. The molecule has 0 spiro atoms. The molecule has 0 radical (unpaired) electrons. The summed E-state index contributed by atoms with van der Waals surface area (Å²) in [5.41, 5.74) is 6.50. The highest BCUT2D eigenvalue weighted by atomic mass is 19.1. The second-order valence-electron chi connectivity index (χ2n) is 4.24. The third kappa shape index (κ3) is 2.08. The molecule has 2 aromatic heterocycles. The maximum Gasteiger partial charge on any atom is 0.233 e. The number of hydrogen-bond donors (Lipinski definition) is 1. The first-order chi connectivity index (χ1) is 9.69. The standard InChI is InChI=1S/C13H12FN5O/c1-19-12-10(6-18-19)13(17-7-16-12)20-9-3-2-8(5-15)11(14)4-9/h2-4,6-7H,5,15H2,1H3. The SMILES string of the molecule is Cn1ncc2c(Oc3ccc(CN)c(F)c3)ncnc21. The van der Waals surface area contributed by atoms with E-state index in [1.165, 1.54) is 12.4 Å². The van der Waals surface area contributed by atoms with Gasteiger partial charge in [0.25, 0.3) is 0 Å². The van der Waals surface area contributed by atoms with Crippen LogP contribution in [0.15, 0.2) is 30.7 Å². The van der Waals surface area contributed by atoms with Gasteiger partial charge in [-0.25, -0.2) is 14.4 Å². The van der Waals surface area contributed by atoms with Gasteiger partial charge in [-0.3, -0.25) is 4.68 Å². The van der Waals surface area contributed by atoms with E-state index in [4.69, 9.17) is 10.5 Å². The van der Waals surface area contributed by atoms with Gasteiger partial charge in [-0.05, 0) is 6.07 Å². The van der Waals surface area contributed by atoms with Crippen LogP contribution >= 0.6 is 0 Å². The molecule has 0 aliphatic heterocycles. The number of halogens is 1. The average Bonchev–Trinajstić information content (AvgIpc) is 2.82. The van der Waals surface area contributed by atoms with Crippen LogP contribution in [0.25, 0.3) is 11.0 Å². The minimum Gasteiger partial charge on any atom is -0.438 e. The van der Waals surface area contributed by atoms with Crippen molar-refractivity contribution in [1.82, 2.24) is 19.7 Å². The van der Waals surface area contributed by atoms with Crippen molar-refractivity contribution >= 4 is 11.0 Å². The Labute approximate surface area is 114 Å². The molecular formula is C13H12FN5O. The van der Waals surface area contributed by atoms with Crippen LogP contribution in [-0.2, 0) is 13.6 Å². The normalized spacial score (nSPS) is 10.9. The van der Waals surface area contributed by atoms with E-state index >= 15 is 0 Å². The van der Waals surface area contributed by atoms with Gasteiger partial charge >= 0.3 is 0 Å². The van der Waals surface area contributed by atoms with Crippen LogP contribution < -0.4 is 10.5 Å². The maximum atomic E-state index is 13.7. The molecule has 0 saturated carbocycles. The Hall–Kier alpha value is -2.54. The maximum absolute atomic E-state index is 13.7. The van der Waals surface area contributed by atoms with Crippen molar-refractivity contribution in [2.45, 2.75) is 6.54 Å². The van der Waals surface area contributed by atoms with E-state index < -0.39 is 5.82 Å². The monoisotopic (exact) mass is 273 g/mol. The van der Waals surface area contributed by atoms with Gasteiger partial charge < -0.3 is 10.5 Å². The fraction of sp³-hybridized carbons (Fsp3) is 0.154. The third-order valence-electron chi connectivity index (χ3n) is 2.95. The summed E-state index contributed by atoms with van der Waals surface area (Å²) in [5, 5.41) is 4.75. The van der Waals surface area contributed by atoms with Crippen LogP contribution in [0.1, 0.15) is 5.56 Å². The highest BCUT2D eigenvalue weighted by Gasteiger charge is 2.11. The summed E-state index contributed by atoms with van der Waals surface area (Å²) < 4.78 is 20.9. The first kappa shape index (κ1) is 12.5. The molecule has 3 aromatic rings.